The summed E-state index contributed by atoms with van der Waals surface area (Å²) >= 11 is 0. The molecule has 1 amide bonds. The predicted molar refractivity (Wildman–Crippen MR) is 103 cm³/mol. The zero-order chi connectivity index (χ0) is 20.8. The van der Waals surface area contributed by atoms with Gasteiger partial charge in [0.15, 0.2) is 0 Å². The number of carbonyl (C=O) groups excluding carboxylic acids is 1. The van der Waals surface area contributed by atoms with Crippen molar-refractivity contribution in [3.8, 4) is 0 Å². The Balaban J connectivity index is 1.50. The third-order valence-corrected chi connectivity index (χ3v) is 6.69. The van der Waals surface area contributed by atoms with Crippen LogP contribution in [0.3, 0.4) is 0 Å². The Labute approximate surface area is 170 Å². The number of nitrogens with zero attached hydrogens (tertiary/aromatic N) is 2. The van der Waals surface area contributed by atoms with E-state index < -0.39 is 11.7 Å². The smallest absolute Gasteiger partial charge is 0.376 e. The summed E-state index contributed by atoms with van der Waals surface area (Å²) in [7, 11) is 0. The maximum atomic E-state index is 12.9. The monoisotopic (exact) mass is 410 g/mol. The van der Waals surface area contributed by atoms with Crippen LogP contribution in [0.5, 0.6) is 0 Å². The van der Waals surface area contributed by atoms with E-state index in [0.717, 1.165) is 43.6 Å². The first kappa shape index (κ1) is 20.7. The van der Waals surface area contributed by atoms with Crippen molar-refractivity contribution in [1.29, 1.82) is 0 Å². The van der Waals surface area contributed by atoms with Crippen LogP contribution in [0, 0.1) is 11.8 Å². The minimum Gasteiger partial charge on any atom is -0.376 e. The fourth-order valence-electron chi connectivity index (χ4n) is 5.33. The lowest BCUT2D eigenvalue weighted by Crippen LogP contribution is -2.49. The molecule has 4 rings (SSSR count). The van der Waals surface area contributed by atoms with Gasteiger partial charge in [0, 0.05) is 44.6 Å². The summed E-state index contributed by atoms with van der Waals surface area (Å²) < 4.78 is 44.6. The first-order chi connectivity index (χ1) is 13.7. The average molecular weight is 410 g/mol. The molecule has 4 atom stereocenters. The molecule has 3 heterocycles. The second-order valence-corrected chi connectivity index (χ2v) is 8.98. The zero-order valence-electron chi connectivity index (χ0n) is 17.0. The molecular weight excluding hydrogens is 381 g/mol. The van der Waals surface area contributed by atoms with E-state index >= 15 is 0 Å². The molecule has 0 aromatic heterocycles. The van der Waals surface area contributed by atoms with Gasteiger partial charge in [-0.05, 0) is 36.5 Å². The maximum absolute atomic E-state index is 12.9. The number of alkyl halides is 3. The van der Waals surface area contributed by atoms with Crippen LogP contribution in [-0.2, 0) is 22.3 Å². The molecule has 0 aliphatic carbocycles. The number of hydrogen-bond acceptors (Lipinski definition) is 3. The number of amides is 1. The van der Waals surface area contributed by atoms with Crippen molar-refractivity contribution in [1.82, 2.24) is 9.80 Å². The number of likely N-dealkylation sites (tertiary alicyclic amines) is 1. The van der Waals surface area contributed by atoms with Crippen LogP contribution in [0.1, 0.15) is 44.2 Å². The third kappa shape index (κ3) is 4.17. The summed E-state index contributed by atoms with van der Waals surface area (Å²) in [5.41, 5.74) is 0.242. The van der Waals surface area contributed by atoms with Crippen LogP contribution in [0.25, 0.3) is 0 Å². The summed E-state index contributed by atoms with van der Waals surface area (Å²) in [6.07, 6.45) is -1.99. The molecule has 3 aliphatic heterocycles. The van der Waals surface area contributed by atoms with E-state index in [2.05, 4.69) is 23.6 Å². The number of benzene rings is 1. The van der Waals surface area contributed by atoms with E-state index in [0.29, 0.717) is 25.5 Å². The van der Waals surface area contributed by atoms with Crippen LogP contribution >= 0.6 is 0 Å². The van der Waals surface area contributed by atoms with Crippen molar-refractivity contribution in [3.63, 3.8) is 0 Å². The van der Waals surface area contributed by atoms with Crippen LogP contribution in [-0.4, -0.2) is 53.6 Å². The molecule has 4 nitrogen and oxygen atoms in total. The molecule has 7 heteroatoms. The third-order valence-electron chi connectivity index (χ3n) is 6.69. The van der Waals surface area contributed by atoms with Gasteiger partial charge in [-0.1, -0.05) is 26.0 Å². The lowest BCUT2D eigenvalue weighted by atomic mass is 9.93. The van der Waals surface area contributed by atoms with Crippen LogP contribution < -0.4 is 0 Å². The van der Waals surface area contributed by atoms with Gasteiger partial charge in [0.25, 0.3) is 0 Å². The Morgan fingerprint density at radius 3 is 2.55 bits per heavy atom. The molecule has 29 heavy (non-hydrogen) atoms. The van der Waals surface area contributed by atoms with E-state index in [1.165, 1.54) is 0 Å². The maximum Gasteiger partial charge on any atom is 0.416 e. The quantitative estimate of drug-likeness (QED) is 0.757. The Morgan fingerprint density at radius 2 is 1.90 bits per heavy atom. The van der Waals surface area contributed by atoms with Gasteiger partial charge in [0.05, 0.1) is 17.7 Å². The van der Waals surface area contributed by atoms with Crippen LogP contribution in [0.15, 0.2) is 24.3 Å². The topological polar surface area (TPSA) is 32.8 Å². The summed E-state index contributed by atoms with van der Waals surface area (Å²) in [4.78, 5) is 17.3. The largest absolute Gasteiger partial charge is 0.416 e. The molecule has 0 radical (unpaired) electrons. The first-order valence-corrected chi connectivity index (χ1v) is 10.6. The van der Waals surface area contributed by atoms with Crippen molar-refractivity contribution >= 4 is 5.91 Å². The minimum atomic E-state index is -4.31. The van der Waals surface area contributed by atoms with Gasteiger partial charge in [0.2, 0.25) is 5.91 Å². The van der Waals surface area contributed by atoms with Crippen molar-refractivity contribution in [2.75, 3.05) is 19.7 Å². The SMILES string of the molecule is CC(C)[C@H]1CCOC2CCN(Cc3ccc(C(F)(F)F)cc3)C[C@H]3CC(=O)N1C23. The van der Waals surface area contributed by atoms with E-state index in [1.807, 2.05) is 0 Å². The van der Waals surface area contributed by atoms with Gasteiger partial charge >= 0.3 is 6.18 Å². The average Bonchev–Trinajstić information content (AvgIpc) is 2.79. The standard InChI is InChI=1S/C22H29F3N2O2/c1-14(2)18-8-10-29-19-7-9-26(13-16-11-20(28)27(18)21(16)19)12-15-3-5-17(6-4-15)22(23,24)25/h3-6,14,16,18-19,21H,7-13H2,1-2H3/t16-,18-,19?,21?/m1/s1. The molecule has 1 aromatic rings. The molecule has 3 fully saturated rings. The zero-order valence-corrected chi connectivity index (χ0v) is 17.0. The number of carbonyl (C=O) groups is 1. The van der Waals surface area contributed by atoms with Gasteiger partial charge in [-0.2, -0.15) is 13.2 Å². The normalized spacial score (nSPS) is 31.0. The van der Waals surface area contributed by atoms with E-state index in [1.54, 1.807) is 12.1 Å². The van der Waals surface area contributed by atoms with Crippen LogP contribution in [0.2, 0.25) is 0 Å². The predicted octanol–water partition coefficient (Wildman–Crippen LogP) is 3.94. The van der Waals surface area contributed by atoms with Gasteiger partial charge in [-0.15, -0.1) is 0 Å². The second kappa shape index (κ2) is 7.91. The molecule has 0 spiro atoms. The molecule has 3 aliphatic rings. The highest BCUT2D eigenvalue weighted by molar-refractivity contribution is 5.80. The fourth-order valence-corrected chi connectivity index (χ4v) is 5.33. The van der Waals surface area contributed by atoms with Gasteiger partial charge < -0.3 is 9.64 Å². The Bertz CT molecular complexity index is 735. The molecule has 1 aromatic carbocycles. The molecule has 0 bridgehead atoms. The lowest BCUT2D eigenvalue weighted by Gasteiger charge is -2.36. The molecule has 160 valence electrons. The molecule has 3 saturated heterocycles. The highest BCUT2D eigenvalue weighted by Crippen LogP contribution is 2.39. The fraction of sp³-hybridized carbons (Fsp3) is 0.682. The van der Waals surface area contributed by atoms with Crippen molar-refractivity contribution in [3.05, 3.63) is 35.4 Å². The Kier molecular flexibility index (Phi) is 5.64. The van der Waals surface area contributed by atoms with Crippen molar-refractivity contribution in [2.24, 2.45) is 11.8 Å². The van der Waals surface area contributed by atoms with Gasteiger partial charge in [0.1, 0.15) is 0 Å². The Morgan fingerprint density at radius 1 is 1.17 bits per heavy atom. The number of ether oxygens (including phenoxy) is 1. The number of halogens is 3. The van der Waals surface area contributed by atoms with Crippen molar-refractivity contribution < 1.29 is 22.7 Å². The molecular formula is C22H29F3N2O2. The summed E-state index contributed by atoms with van der Waals surface area (Å²) in [6.45, 7) is 7.21. The van der Waals surface area contributed by atoms with E-state index in [4.69, 9.17) is 4.74 Å². The number of rotatable bonds is 3. The highest BCUT2D eigenvalue weighted by atomic mass is 19.4. The van der Waals surface area contributed by atoms with Crippen molar-refractivity contribution in [2.45, 2.75) is 64.0 Å². The summed E-state index contributed by atoms with van der Waals surface area (Å²) in [6, 6.07) is 5.76. The molecule has 0 saturated carbocycles. The van der Waals surface area contributed by atoms with E-state index in [-0.39, 0.29) is 30.0 Å². The first-order valence-electron chi connectivity index (χ1n) is 10.6. The van der Waals surface area contributed by atoms with Gasteiger partial charge in [-0.25, -0.2) is 0 Å². The summed E-state index contributed by atoms with van der Waals surface area (Å²) in [5, 5.41) is 0. The Hall–Kier alpha value is -1.60. The van der Waals surface area contributed by atoms with Gasteiger partial charge in [-0.3, -0.25) is 9.69 Å². The lowest BCUT2D eigenvalue weighted by molar-refractivity contribution is -0.137. The summed E-state index contributed by atoms with van der Waals surface area (Å²) in [5.74, 6) is 0.834. The highest BCUT2D eigenvalue weighted by Gasteiger charge is 2.50. The number of hydrogen-bond donors (Lipinski definition) is 0. The second-order valence-electron chi connectivity index (χ2n) is 8.98. The minimum absolute atomic E-state index is 0.0489. The molecule has 0 N–H and O–H groups in total. The van der Waals surface area contributed by atoms with Crippen LogP contribution in [0.4, 0.5) is 13.2 Å². The van der Waals surface area contributed by atoms with E-state index in [9.17, 15) is 18.0 Å². The molecule has 2 unspecified atom stereocenters.